The standard InChI is InChI=1S/C10H16OSi.C5H5.C5H10.2ClH.Ti/c1-8-5-9(11)7-10(6-8)12(2,3)4;1-2-4-5-3-1;1-3-5-4-2;;;/h5-7,11H,1-4H3;1-3H,4H2;3-4H2,1-2H3;2*1H;/q;-1;;;;+1. The van der Waals surface area contributed by atoms with Crippen molar-refractivity contribution < 1.29 is 25.1 Å². The van der Waals surface area contributed by atoms with E-state index in [1.165, 1.54) is 18.0 Å². The fourth-order valence-electron chi connectivity index (χ4n) is 1.79. The SMILES string of the molecule is CC[C](=[Ti+])CC.Cc1cc(O)cc([Si](C)(C)C)c1.Cl.Cl.[C-]1=CC=CC1. The number of aryl methyl sites for hydroxylation is 1. The summed E-state index contributed by atoms with van der Waals surface area (Å²) in [6, 6.07) is 5.86. The molecule has 0 saturated heterocycles. The van der Waals surface area contributed by atoms with Gasteiger partial charge >= 0.3 is 50.5 Å². The first-order valence-electron chi connectivity index (χ1n) is 8.29. The number of hydrogen-bond donors (Lipinski definition) is 1. The minimum atomic E-state index is -1.26. The van der Waals surface area contributed by atoms with Crippen LogP contribution in [0.5, 0.6) is 5.75 Å². The Morgan fingerprint density at radius 2 is 1.68 bits per heavy atom. The molecular formula is C20H33Cl2OSiTi. The Morgan fingerprint density at radius 3 is 1.92 bits per heavy atom. The first-order valence-corrected chi connectivity index (χ1v) is 12.6. The van der Waals surface area contributed by atoms with Crippen LogP contribution in [0.2, 0.25) is 19.6 Å². The smallest absolute Gasteiger partial charge is 0.115 e. The van der Waals surface area contributed by atoms with Gasteiger partial charge in [0.05, 0.1) is 8.07 Å². The molecule has 2 rings (SSSR count). The molecule has 1 aliphatic carbocycles. The van der Waals surface area contributed by atoms with Crippen LogP contribution >= 0.6 is 24.8 Å². The topological polar surface area (TPSA) is 20.2 Å². The summed E-state index contributed by atoms with van der Waals surface area (Å²) in [7, 11) is -1.26. The molecule has 1 aromatic carbocycles. The second kappa shape index (κ2) is 16.1. The van der Waals surface area contributed by atoms with Crippen molar-refractivity contribution >= 4 is 41.9 Å². The number of allylic oxidation sites excluding steroid dienone is 4. The third-order valence-electron chi connectivity index (χ3n) is 3.37. The Balaban J connectivity index is -0.000000316. The summed E-state index contributed by atoms with van der Waals surface area (Å²) in [5.74, 6) is 0.396. The molecule has 0 saturated carbocycles. The third kappa shape index (κ3) is 15.8. The Hall–Kier alpha value is -0.119. The van der Waals surface area contributed by atoms with Crippen molar-refractivity contribution in [2.24, 2.45) is 0 Å². The van der Waals surface area contributed by atoms with E-state index in [0.29, 0.717) is 5.75 Å². The predicted molar refractivity (Wildman–Crippen MR) is 117 cm³/mol. The van der Waals surface area contributed by atoms with Crippen molar-refractivity contribution in [3.63, 3.8) is 0 Å². The molecule has 0 aromatic heterocycles. The van der Waals surface area contributed by atoms with Crippen LogP contribution < -0.4 is 5.19 Å². The van der Waals surface area contributed by atoms with Crippen molar-refractivity contribution in [1.82, 2.24) is 0 Å². The molecule has 25 heavy (non-hydrogen) atoms. The Morgan fingerprint density at radius 1 is 1.12 bits per heavy atom. The van der Waals surface area contributed by atoms with E-state index in [4.69, 9.17) is 0 Å². The van der Waals surface area contributed by atoms with Gasteiger partial charge in [0.1, 0.15) is 5.75 Å². The number of halogens is 2. The zero-order chi connectivity index (χ0) is 17.9. The van der Waals surface area contributed by atoms with Gasteiger partial charge in [-0.15, -0.1) is 31.2 Å². The second-order valence-corrected chi connectivity index (χ2v) is 12.8. The zero-order valence-electron chi connectivity index (χ0n) is 16.3. The molecular weight excluding hydrogens is 403 g/mol. The molecule has 1 aliphatic rings. The molecule has 0 aliphatic heterocycles. The van der Waals surface area contributed by atoms with Crippen LogP contribution in [0.15, 0.2) is 36.4 Å². The second-order valence-electron chi connectivity index (χ2n) is 6.62. The van der Waals surface area contributed by atoms with E-state index in [1.807, 2.05) is 25.1 Å². The summed E-state index contributed by atoms with van der Waals surface area (Å²) < 4.78 is 1.59. The Kier molecular flexibility index (Phi) is 19.1. The summed E-state index contributed by atoms with van der Waals surface area (Å²) in [6.45, 7) is 13.2. The molecule has 141 valence electrons. The van der Waals surface area contributed by atoms with Gasteiger partial charge in [-0.2, -0.15) is 6.08 Å². The van der Waals surface area contributed by atoms with Gasteiger partial charge in [-0.25, -0.2) is 12.2 Å². The van der Waals surface area contributed by atoms with Crippen LogP contribution in [0.4, 0.5) is 0 Å². The Bertz CT molecular complexity index is 513. The molecule has 1 nitrogen and oxygen atoms in total. The number of rotatable bonds is 3. The van der Waals surface area contributed by atoms with E-state index in [9.17, 15) is 5.11 Å². The van der Waals surface area contributed by atoms with E-state index in [2.05, 4.69) is 71.7 Å². The summed E-state index contributed by atoms with van der Waals surface area (Å²) in [5.41, 5.74) is 1.15. The average molecular weight is 436 g/mol. The fraction of sp³-hybridized carbons (Fsp3) is 0.450. The molecule has 0 amide bonds. The van der Waals surface area contributed by atoms with E-state index in [-0.39, 0.29) is 24.8 Å². The summed E-state index contributed by atoms with van der Waals surface area (Å²) in [6.07, 6.45) is 12.5. The van der Waals surface area contributed by atoms with Gasteiger partial charge in [0.15, 0.2) is 0 Å². The number of aromatic hydroxyl groups is 1. The first kappa shape index (κ1) is 29.6. The fourth-order valence-corrected chi connectivity index (χ4v) is 3.03. The van der Waals surface area contributed by atoms with Crippen molar-refractivity contribution in [2.45, 2.75) is 59.7 Å². The largest absolute Gasteiger partial charge is 0.508 e. The maximum atomic E-state index is 9.38. The van der Waals surface area contributed by atoms with Crippen LogP contribution in [0, 0.1) is 13.0 Å². The number of hydrogen-bond acceptors (Lipinski definition) is 1. The van der Waals surface area contributed by atoms with Gasteiger partial charge in [0.2, 0.25) is 0 Å². The quantitative estimate of drug-likeness (QED) is 0.461. The zero-order valence-corrected chi connectivity index (χ0v) is 20.5. The van der Waals surface area contributed by atoms with Crippen LogP contribution in [-0.2, 0) is 20.0 Å². The summed E-state index contributed by atoms with van der Waals surface area (Å²) in [4.78, 5) is 0. The van der Waals surface area contributed by atoms with Gasteiger partial charge in [-0.1, -0.05) is 30.9 Å². The van der Waals surface area contributed by atoms with Gasteiger partial charge in [-0.3, -0.25) is 6.08 Å². The van der Waals surface area contributed by atoms with Crippen molar-refractivity contribution in [3.8, 4) is 5.75 Å². The number of benzene rings is 1. The van der Waals surface area contributed by atoms with Gasteiger partial charge in [0, 0.05) is 0 Å². The van der Waals surface area contributed by atoms with Gasteiger partial charge in [-0.05, 0) is 24.6 Å². The molecule has 0 spiro atoms. The molecule has 1 N–H and O–H groups in total. The molecule has 0 atom stereocenters. The number of phenolic OH excluding ortho intramolecular Hbond substituents is 1. The van der Waals surface area contributed by atoms with Crippen LogP contribution in [0.25, 0.3) is 0 Å². The molecule has 0 unspecified atom stereocenters. The Labute approximate surface area is 179 Å². The molecule has 0 heterocycles. The van der Waals surface area contributed by atoms with E-state index < -0.39 is 8.07 Å². The number of phenols is 1. The maximum absolute atomic E-state index is 9.38. The minimum absolute atomic E-state index is 0. The van der Waals surface area contributed by atoms with E-state index in [0.717, 1.165) is 12.0 Å². The van der Waals surface area contributed by atoms with Crippen molar-refractivity contribution in [3.05, 3.63) is 48.1 Å². The van der Waals surface area contributed by atoms with Crippen molar-refractivity contribution in [1.29, 1.82) is 0 Å². The normalized spacial score (nSPS) is 11.2. The predicted octanol–water partition coefficient (Wildman–Crippen LogP) is 5.92. The monoisotopic (exact) mass is 435 g/mol. The third-order valence-corrected chi connectivity index (χ3v) is 6.49. The summed E-state index contributed by atoms with van der Waals surface area (Å²) >= 11 is 2.19. The molecule has 0 bridgehead atoms. The molecule has 5 heteroatoms. The maximum Gasteiger partial charge on any atom is 0.115 e. The van der Waals surface area contributed by atoms with Crippen molar-refractivity contribution in [2.75, 3.05) is 0 Å². The van der Waals surface area contributed by atoms with E-state index in [1.54, 1.807) is 9.88 Å². The van der Waals surface area contributed by atoms with E-state index >= 15 is 0 Å². The molecule has 0 radical (unpaired) electrons. The van der Waals surface area contributed by atoms with Crippen LogP contribution in [0.3, 0.4) is 0 Å². The van der Waals surface area contributed by atoms with Gasteiger partial charge in [0.25, 0.3) is 0 Å². The minimum Gasteiger partial charge on any atom is -0.508 e. The van der Waals surface area contributed by atoms with Gasteiger partial charge < -0.3 is 5.11 Å². The molecule has 0 fully saturated rings. The first-order chi connectivity index (χ1) is 10.7. The summed E-state index contributed by atoms with van der Waals surface area (Å²) in [5, 5.41) is 10.7. The van der Waals surface area contributed by atoms with Crippen LogP contribution in [0.1, 0.15) is 38.7 Å². The van der Waals surface area contributed by atoms with Crippen LogP contribution in [-0.4, -0.2) is 17.0 Å². The average Bonchev–Trinajstić information content (AvgIpc) is 3.04. The molecule has 1 aromatic rings.